The number of nitrogens with zero attached hydrogens (tertiary/aromatic N) is 2. The van der Waals surface area contributed by atoms with E-state index >= 15 is 0 Å². The van der Waals surface area contributed by atoms with E-state index in [0.29, 0.717) is 21.5 Å². The normalized spacial score (nSPS) is 15.8. The molecule has 3 rings (SSSR count). The third-order valence-electron chi connectivity index (χ3n) is 4.82. The van der Waals surface area contributed by atoms with E-state index in [1.54, 1.807) is 31.5 Å². The molecule has 0 bridgehead atoms. The third kappa shape index (κ3) is 3.46. The average Bonchev–Trinajstić information content (AvgIpc) is 2.58. The summed E-state index contributed by atoms with van der Waals surface area (Å²) in [7, 11) is 3.70. The highest BCUT2D eigenvalue weighted by Gasteiger charge is 2.29. The van der Waals surface area contributed by atoms with Crippen LogP contribution in [-0.2, 0) is 0 Å². The second-order valence-electron chi connectivity index (χ2n) is 7.01. The molecule has 0 amide bonds. The molecule has 3 nitrogen and oxygen atoms in total. The maximum atomic E-state index is 6.54. The van der Waals surface area contributed by atoms with Crippen LogP contribution in [0.5, 0.6) is 5.75 Å². The van der Waals surface area contributed by atoms with Gasteiger partial charge in [-0.1, -0.05) is 29.3 Å². The van der Waals surface area contributed by atoms with Gasteiger partial charge in [-0.3, -0.25) is 4.99 Å². The van der Waals surface area contributed by atoms with Crippen LogP contribution in [0.2, 0.25) is 10.0 Å². The van der Waals surface area contributed by atoms with Crippen LogP contribution in [0, 0.1) is 0 Å². The Hall–Kier alpha value is -1.97. The molecule has 1 heterocycles. The Labute approximate surface area is 164 Å². The summed E-state index contributed by atoms with van der Waals surface area (Å²) in [5, 5.41) is 1.27. The van der Waals surface area contributed by atoms with Gasteiger partial charge in [0.15, 0.2) is 0 Å². The molecule has 0 aliphatic carbocycles. The van der Waals surface area contributed by atoms with Gasteiger partial charge in [-0.15, -0.1) is 0 Å². The molecule has 136 valence electrons. The number of rotatable bonds is 3. The maximum Gasteiger partial charge on any atom is 0.144 e. The molecular weight excluding hydrogens is 367 g/mol. The van der Waals surface area contributed by atoms with E-state index in [4.69, 9.17) is 27.9 Å². The second-order valence-corrected chi connectivity index (χ2v) is 7.85. The van der Waals surface area contributed by atoms with Crippen molar-refractivity contribution in [2.24, 2.45) is 4.99 Å². The number of likely N-dealkylation sites (N-methyl/N-ethyl adjacent to an activating group) is 1. The number of benzene rings is 2. The monoisotopic (exact) mass is 388 g/mol. The fraction of sp³-hybridized carbons (Fsp3) is 0.286. The number of fused-ring (bicyclic) bond motifs is 1. The lowest BCUT2D eigenvalue weighted by Gasteiger charge is -2.40. The van der Waals surface area contributed by atoms with Crippen LogP contribution in [0.3, 0.4) is 0 Å². The number of halogens is 2. The Morgan fingerprint density at radius 1 is 1.15 bits per heavy atom. The van der Waals surface area contributed by atoms with E-state index < -0.39 is 0 Å². The van der Waals surface area contributed by atoms with Gasteiger partial charge in [0.05, 0.1) is 17.7 Å². The Morgan fingerprint density at radius 2 is 1.88 bits per heavy atom. The van der Waals surface area contributed by atoms with Gasteiger partial charge in [-0.05, 0) is 56.7 Å². The van der Waals surface area contributed by atoms with Gasteiger partial charge in [-0.25, -0.2) is 0 Å². The van der Waals surface area contributed by atoms with Crippen molar-refractivity contribution in [1.29, 1.82) is 0 Å². The van der Waals surface area contributed by atoms with Crippen molar-refractivity contribution in [3.63, 3.8) is 0 Å². The molecule has 1 aliphatic rings. The zero-order valence-corrected chi connectivity index (χ0v) is 17.1. The van der Waals surface area contributed by atoms with E-state index in [-0.39, 0.29) is 5.54 Å². The lowest BCUT2D eigenvalue weighted by Crippen LogP contribution is -2.42. The minimum absolute atomic E-state index is 0.0514. The Morgan fingerprint density at radius 3 is 2.58 bits per heavy atom. The zero-order chi connectivity index (χ0) is 19.1. The van der Waals surface area contributed by atoms with Gasteiger partial charge >= 0.3 is 0 Å². The minimum atomic E-state index is -0.0514. The molecule has 0 N–H and O–H groups in total. The van der Waals surface area contributed by atoms with E-state index in [1.807, 2.05) is 6.07 Å². The Balaban J connectivity index is 2.04. The van der Waals surface area contributed by atoms with Crippen LogP contribution in [-0.4, -0.2) is 25.9 Å². The summed E-state index contributed by atoms with van der Waals surface area (Å²) >= 11 is 12.6. The SMILES string of the molecule is COc1ccc(Cl)cc1N=Cc1cc2c(cc1Cl)N(C)C(C)(C)C=C2C. The Bertz CT molecular complexity index is 916. The molecule has 0 aromatic heterocycles. The summed E-state index contributed by atoms with van der Waals surface area (Å²) in [4.78, 5) is 6.78. The van der Waals surface area contributed by atoms with Gasteiger partial charge in [0.1, 0.15) is 11.4 Å². The van der Waals surface area contributed by atoms with Gasteiger partial charge in [0, 0.05) is 35.1 Å². The number of allylic oxidation sites excluding steroid dienone is 1. The van der Waals surface area contributed by atoms with E-state index in [0.717, 1.165) is 16.8 Å². The smallest absolute Gasteiger partial charge is 0.144 e. The lowest BCUT2D eigenvalue weighted by molar-refractivity contribution is 0.416. The van der Waals surface area contributed by atoms with Crippen LogP contribution in [0.1, 0.15) is 31.9 Å². The molecular formula is C21H22Cl2N2O. The maximum absolute atomic E-state index is 6.54. The number of aliphatic imine (C=N–C) groups is 1. The molecule has 5 heteroatoms. The largest absolute Gasteiger partial charge is 0.494 e. The molecule has 0 radical (unpaired) electrons. The van der Waals surface area contributed by atoms with Crippen molar-refractivity contribution in [1.82, 2.24) is 0 Å². The first-order chi connectivity index (χ1) is 12.2. The third-order valence-corrected chi connectivity index (χ3v) is 5.38. The highest BCUT2D eigenvalue weighted by molar-refractivity contribution is 6.33. The van der Waals surface area contributed by atoms with Crippen LogP contribution in [0.4, 0.5) is 11.4 Å². The van der Waals surface area contributed by atoms with Crippen molar-refractivity contribution in [2.75, 3.05) is 19.1 Å². The van der Waals surface area contributed by atoms with E-state index in [1.165, 1.54) is 5.57 Å². The molecule has 2 aromatic carbocycles. The van der Waals surface area contributed by atoms with Crippen molar-refractivity contribution >= 4 is 46.4 Å². The molecule has 0 unspecified atom stereocenters. The first-order valence-corrected chi connectivity index (χ1v) is 9.13. The first-order valence-electron chi connectivity index (χ1n) is 8.38. The molecule has 0 spiro atoms. The van der Waals surface area contributed by atoms with Gasteiger partial charge in [-0.2, -0.15) is 0 Å². The molecule has 1 aliphatic heterocycles. The van der Waals surface area contributed by atoms with Crippen LogP contribution in [0.25, 0.3) is 5.57 Å². The summed E-state index contributed by atoms with van der Waals surface area (Å²) in [6.45, 7) is 6.50. The van der Waals surface area contributed by atoms with E-state index in [2.05, 4.69) is 49.9 Å². The second kappa shape index (κ2) is 6.98. The molecule has 0 saturated heterocycles. The van der Waals surface area contributed by atoms with Crippen molar-refractivity contribution < 1.29 is 4.74 Å². The molecule has 26 heavy (non-hydrogen) atoms. The number of ether oxygens (including phenoxy) is 1. The van der Waals surface area contributed by atoms with E-state index in [9.17, 15) is 0 Å². The Kier molecular flexibility index (Phi) is 5.05. The number of hydrogen-bond acceptors (Lipinski definition) is 3. The highest BCUT2D eigenvalue weighted by atomic mass is 35.5. The van der Waals surface area contributed by atoms with Crippen molar-refractivity contribution in [3.8, 4) is 5.75 Å². The van der Waals surface area contributed by atoms with Crippen molar-refractivity contribution in [2.45, 2.75) is 26.3 Å². The average molecular weight is 389 g/mol. The highest BCUT2D eigenvalue weighted by Crippen LogP contribution is 2.40. The van der Waals surface area contributed by atoms with Crippen LogP contribution >= 0.6 is 23.2 Å². The fourth-order valence-corrected chi connectivity index (χ4v) is 3.56. The van der Waals surface area contributed by atoms with Crippen LogP contribution < -0.4 is 9.64 Å². The quantitative estimate of drug-likeness (QED) is 0.569. The summed E-state index contributed by atoms with van der Waals surface area (Å²) in [5.74, 6) is 0.664. The molecule has 0 atom stereocenters. The zero-order valence-electron chi connectivity index (χ0n) is 15.6. The first kappa shape index (κ1) is 18.8. The van der Waals surface area contributed by atoms with Gasteiger partial charge in [0.2, 0.25) is 0 Å². The summed E-state index contributed by atoms with van der Waals surface area (Å²) in [6.07, 6.45) is 4.02. The standard InChI is InChI=1S/C21H22Cl2N2O/c1-13-11-21(2,3)25(4)19-10-17(23)14(8-16(13)19)12-24-18-9-15(22)6-7-20(18)26-5/h6-12H,1-5H3. The molecule has 0 saturated carbocycles. The van der Waals surface area contributed by atoms with Crippen LogP contribution in [0.15, 0.2) is 41.4 Å². The number of hydrogen-bond donors (Lipinski definition) is 0. The van der Waals surface area contributed by atoms with Gasteiger partial charge in [0.25, 0.3) is 0 Å². The summed E-state index contributed by atoms with van der Waals surface area (Å²) in [5.41, 5.74) is 4.99. The fourth-order valence-electron chi connectivity index (χ4n) is 3.19. The van der Waals surface area contributed by atoms with Gasteiger partial charge < -0.3 is 9.64 Å². The molecule has 2 aromatic rings. The topological polar surface area (TPSA) is 24.8 Å². The summed E-state index contributed by atoms with van der Waals surface area (Å²) in [6, 6.07) is 9.43. The number of methoxy groups -OCH3 is 1. The van der Waals surface area contributed by atoms with Crippen molar-refractivity contribution in [3.05, 3.63) is 57.6 Å². The number of anilines is 1. The predicted molar refractivity (Wildman–Crippen MR) is 113 cm³/mol. The predicted octanol–water partition coefficient (Wildman–Crippen LogP) is 6.38. The minimum Gasteiger partial charge on any atom is -0.494 e. The lowest BCUT2D eigenvalue weighted by atomic mass is 9.88. The summed E-state index contributed by atoms with van der Waals surface area (Å²) < 4.78 is 5.34. The molecule has 0 fully saturated rings.